The minimum Gasteiger partial charge on any atom is -0.337 e. The molecule has 1 aliphatic carbocycles. The van der Waals surface area contributed by atoms with Crippen molar-refractivity contribution in [3.8, 4) is 6.07 Å². The number of hydrogen-bond acceptors (Lipinski definition) is 4. The summed E-state index contributed by atoms with van der Waals surface area (Å²) in [6.07, 6.45) is 5.52. The standard InChI is InChI=1S/C14H24N4O/c1-11-8-12(16)4-7-18(11)9-13(19)17-14(10-15)5-2-3-6-14/h11-12H,2-9,16H2,1H3,(H,17,19). The van der Waals surface area contributed by atoms with E-state index in [1.165, 1.54) is 0 Å². The van der Waals surface area contributed by atoms with Crippen molar-refractivity contribution in [3.05, 3.63) is 0 Å². The molecule has 1 amide bonds. The fourth-order valence-corrected chi connectivity index (χ4v) is 3.23. The van der Waals surface area contributed by atoms with Crippen LogP contribution in [-0.2, 0) is 4.79 Å². The van der Waals surface area contributed by atoms with Crippen LogP contribution in [0.5, 0.6) is 0 Å². The second-order valence-corrected chi connectivity index (χ2v) is 6.05. The summed E-state index contributed by atoms with van der Waals surface area (Å²) in [7, 11) is 0. The summed E-state index contributed by atoms with van der Waals surface area (Å²) in [4.78, 5) is 14.3. The lowest BCUT2D eigenvalue weighted by Crippen LogP contribution is -2.53. The molecule has 5 nitrogen and oxygen atoms in total. The maximum Gasteiger partial charge on any atom is 0.235 e. The number of nitrogens with one attached hydrogen (secondary N) is 1. The largest absolute Gasteiger partial charge is 0.337 e. The maximum absolute atomic E-state index is 12.1. The molecule has 2 aliphatic rings. The van der Waals surface area contributed by atoms with Gasteiger partial charge in [-0.25, -0.2) is 0 Å². The molecular formula is C14H24N4O. The molecule has 106 valence electrons. The number of likely N-dealkylation sites (tertiary alicyclic amines) is 1. The Hall–Kier alpha value is -1.12. The minimum absolute atomic E-state index is 0.0224. The molecular weight excluding hydrogens is 240 g/mol. The summed E-state index contributed by atoms with van der Waals surface area (Å²) in [6, 6.07) is 2.90. The van der Waals surface area contributed by atoms with Gasteiger partial charge in [0.15, 0.2) is 0 Å². The highest BCUT2D eigenvalue weighted by Crippen LogP contribution is 2.28. The van der Waals surface area contributed by atoms with Crippen molar-refractivity contribution < 1.29 is 4.79 Å². The number of piperidine rings is 1. The molecule has 0 aromatic rings. The SMILES string of the molecule is CC1CC(N)CCN1CC(=O)NC1(C#N)CCCC1. The number of carbonyl (C=O) groups is 1. The molecule has 19 heavy (non-hydrogen) atoms. The molecule has 2 rings (SSSR count). The van der Waals surface area contributed by atoms with Crippen LogP contribution >= 0.6 is 0 Å². The second-order valence-electron chi connectivity index (χ2n) is 6.05. The Morgan fingerprint density at radius 3 is 2.79 bits per heavy atom. The number of amides is 1. The molecule has 2 fully saturated rings. The van der Waals surface area contributed by atoms with Crippen molar-refractivity contribution in [2.75, 3.05) is 13.1 Å². The molecule has 1 heterocycles. The average molecular weight is 264 g/mol. The Labute approximate surface area is 115 Å². The third-order valence-corrected chi connectivity index (χ3v) is 4.45. The number of carbonyl (C=O) groups excluding carboxylic acids is 1. The summed E-state index contributed by atoms with van der Waals surface area (Å²) in [5, 5.41) is 12.2. The number of nitriles is 1. The van der Waals surface area contributed by atoms with Crippen molar-refractivity contribution in [3.63, 3.8) is 0 Å². The van der Waals surface area contributed by atoms with Crippen molar-refractivity contribution in [2.45, 2.75) is 63.1 Å². The van der Waals surface area contributed by atoms with E-state index in [0.29, 0.717) is 12.6 Å². The molecule has 1 aliphatic heterocycles. The molecule has 0 radical (unpaired) electrons. The van der Waals surface area contributed by atoms with E-state index in [1.807, 2.05) is 0 Å². The Bertz CT molecular complexity index is 370. The van der Waals surface area contributed by atoms with Gasteiger partial charge in [-0.15, -0.1) is 0 Å². The van der Waals surface area contributed by atoms with Crippen LogP contribution in [0.15, 0.2) is 0 Å². The van der Waals surface area contributed by atoms with Gasteiger partial charge in [-0.05, 0) is 45.4 Å². The molecule has 0 aromatic carbocycles. The first kappa shape index (κ1) is 14.3. The predicted octanol–water partition coefficient (Wildman–Crippen LogP) is 0.751. The number of nitrogens with zero attached hydrogens (tertiary/aromatic N) is 2. The van der Waals surface area contributed by atoms with Crippen LogP contribution in [0.2, 0.25) is 0 Å². The number of nitrogens with two attached hydrogens (primary N) is 1. The van der Waals surface area contributed by atoms with E-state index in [1.54, 1.807) is 0 Å². The highest BCUT2D eigenvalue weighted by molar-refractivity contribution is 5.79. The first-order chi connectivity index (χ1) is 9.04. The predicted molar refractivity (Wildman–Crippen MR) is 73.2 cm³/mol. The highest BCUT2D eigenvalue weighted by Gasteiger charge is 2.36. The van der Waals surface area contributed by atoms with Crippen LogP contribution in [0.25, 0.3) is 0 Å². The van der Waals surface area contributed by atoms with Crippen LogP contribution in [0, 0.1) is 11.3 Å². The van der Waals surface area contributed by atoms with E-state index in [2.05, 4.69) is 23.2 Å². The van der Waals surface area contributed by atoms with Gasteiger partial charge in [0.1, 0.15) is 5.54 Å². The molecule has 0 spiro atoms. The van der Waals surface area contributed by atoms with Crippen LogP contribution in [0.1, 0.15) is 45.4 Å². The topological polar surface area (TPSA) is 82.2 Å². The zero-order valence-electron chi connectivity index (χ0n) is 11.7. The van der Waals surface area contributed by atoms with Gasteiger partial charge in [0.25, 0.3) is 0 Å². The summed E-state index contributed by atoms with van der Waals surface area (Å²) in [5.41, 5.74) is 5.32. The monoisotopic (exact) mass is 264 g/mol. The van der Waals surface area contributed by atoms with Gasteiger partial charge in [-0.3, -0.25) is 9.69 Å². The molecule has 0 aromatic heterocycles. The second kappa shape index (κ2) is 5.89. The lowest BCUT2D eigenvalue weighted by Gasteiger charge is -2.36. The Kier molecular flexibility index (Phi) is 4.43. The lowest BCUT2D eigenvalue weighted by atomic mass is 9.98. The van der Waals surface area contributed by atoms with Crippen LogP contribution in [0.3, 0.4) is 0 Å². The van der Waals surface area contributed by atoms with E-state index >= 15 is 0 Å². The molecule has 3 N–H and O–H groups in total. The van der Waals surface area contributed by atoms with Crippen LogP contribution in [0.4, 0.5) is 0 Å². The summed E-state index contributed by atoms with van der Waals surface area (Å²) < 4.78 is 0. The van der Waals surface area contributed by atoms with E-state index in [-0.39, 0.29) is 11.9 Å². The zero-order valence-corrected chi connectivity index (χ0v) is 11.7. The van der Waals surface area contributed by atoms with Gasteiger partial charge in [0.2, 0.25) is 5.91 Å². The average Bonchev–Trinajstić information content (AvgIpc) is 2.82. The Balaban J connectivity index is 1.86. The molecule has 2 unspecified atom stereocenters. The first-order valence-electron chi connectivity index (χ1n) is 7.26. The van der Waals surface area contributed by atoms with Crippen molar-refractivity contribution in [2.24, 2.45) is 5.73 Å². The number of hydrogen-bond donors (Lipinski definition) is 2. The molecule has 1 saturated carbocycles. The Morgan fingerprint density at radius 2 is 2.21 bits per heavy atom. The van der Waals surface area contributed by atoms with Crippen molar-refractivity contribution in [1.29, 1.82) is 5.26 Å². The lowest BCUT2D eigenvalue weighted by molar-refractivity contribution is -0.124. The zero-order chi connectivity index (χ0) is 13.9. The van der Waals surface area contributed by atoms with E-state index in [4.69, 9.17) is 5.73 Å². The van der Waals surface area contributed by atoms with Crippen LogP contribution in [-0.4, -0.2) is 41.5 Å². The van der Waals surface area contributed by atoms with Crippen LogP contribution < -0.4 is 11.1 Å². The first-order valence-corrected chi connectivity index (χ1v) is 7.26. The van der Waals surface area contributed by atoms with Gasteiger partial charge in [-0.1, -0.05) is 0 Å². The van der Waals surface area contributed by atoms with Gasteiger partial charge in [-0.2, -0.15) is 5.26 Å². The maximum atomic E-state index is 12.1. The fraction of sp³-hybridized carbons (Fsp3) is 0.857. The van der Waals surface area contributed by atoms with Crippen molar-refractivity contribution in [1.82, 2.24) is 10.2 Å². The minimum atomic E-state index is -0.605. The van der Waals surface area contributed by atoms with Gasteiger partial charge < -0.3 is 11.1 Å². The highest BCUT2D eigenvalue weighted by atomic mass is 16.2. The van der Waals surface area contributed by atoms with E-state index in [9.17, 15) is 10.1 Å². The molecule has 0 bridgehead atoms. The normalized spacial score (nSPS) is 30.8. The number of rotatable bonds is 3. The van der Waals surface area contributed by atoms with E-state index in [0.717, 1.165) is 45.1 Å². The summed E-state index contributed by atoms with van der Waals surface area (Å²) in [5.74, 6) is -0.0224. The summed E-state index contributed by atoms with van der Waals surface area (Å²) >= 11 is 0. The quantitative estimate of drug-likeness (QED) is 0.788. The Morgan fingerprint density at radius 1 is 1.53 bits per heavy atom. The molecule has 2 atom stereocenters. The smallest absolute Gasteiger partial charge is 0.235 e. The fourth-order valence-electron chi connectivity index (χ4n) is 3.23. The van der Waals surface area contributed by atoms with Gasteiger partial charge in [0, 0.05) is 18.6 Å². The third-order valence-electron chi connectivity index (χ3n) is 4.45. The van der Waals surface area contributed by atoms with Gasteiger partial charge >= 0.3 is 0 Å². The van der Waals surface area contributed by atoms with E-state index < -0.39 is 5.54 Å². The molecule has 1 saturated heterocycles. The summed E-state index contributed by atoms with van der Waals surface area (Å²) in [6.45, 7) is 3.37. The molecule has 5 heteroatoms. The third kappa shape index (κ3) is 3.46. The van der Waals surface area contributed by atoms with Crippen molar-refractivity contribution >= 4 is 5.91 Å². The van der Waals surface area contributed by atoms with Gasteiger partial charge in [0.05, 0.1) is 12.6 Å².